The first-order valence-electron chi connectivity index (χ1n) is 8.17. The molecule has 0 aliphatic carbocycles. The maximum absolute atomic E-state index is 14.3. The standard InChI is InChI=1S/C19H20FN3O3/c1-19(2,3)11-23-18(24)25-12-4-5-16(14(20)10-12)26-15-7-9-22-17-13(15)6-8-21-17/h4-10H,11H2,1-3H3,(H,21,22)(H,23,24). The molecule has 3 aromatic rings. The molecule has 0 aliphatic heterocycles. The van der Waals surface area contributed by atoms with E-state index in [1.165, 1.54) is 12.1 Å². The van der Waals surface area contributed by atoms with E-state index >= 15 is 0 Å². The van der Waals surface area contributed by atoms with Crippen molar-refractivity contribution in [3.05, 3.63) is 48.5 Å². The van der Waals surface area contributed by atoms with E-state index in [0.29, 0.717) is 17.9 Å². The molecule has 1 amide bonds. The quantitative estimate of drug-likeness (QED) is 0.714. The minimum atomic E-state index is -0.633. The Kier molecular flexibility index (Phi) is 4.79. The Bertz CT molecular complexity index is 931. The van der Waals surface area contributed by atoms with Crippen molar-refractivity contribution in [3.8, 4) is 17.2 Å². The van der Waals surface area contributed by atoms with E-state index in [9.17, 15) is 9.18 Å². The molecule has 0 saturated heterocycles. The summed E-state index contributed by atoms with van der Waals surface area (Å²) in [6, 6.07) is 7.46. The molecule has 1 aromatic carbocycles. The van der Waals surface area contributed by atoms with E-state index < -0.39 is 11.9 Å². The lowest BCUT2D eigenvalue weighted by molar-refractivity contribution is 0.195. The number of nitrogens with zero attached hydrogens (tertiary/aromatic N) is 1. The lowest BCUT2D eigenvalue weighted by atomic mass is 9.97. The highest BCUT2D eigenvalue weighted by atomic mass is 19.1. The number of aromatic amines is 1. The first kappa shape index (κ1) is 17.7. The Labute approximate surface area is 150 Å². The Morgan fingerprint density at radius 2 is 2.04 bits per heavy atom. The lowest BCUT2D eigenvalue weighted by Gasteiger charge is -2.18. The van der Waals surface area contributed by atoms with Gasteiger partial charge < -0.3 is 19.8 Å². The highest BCUT2D eigenvalue weighted by Crippen LogP contribution is 2.31. The monoisotopic (exact) mass is 357 g/mol. The summed E-state index contributed by atoms with van der Waals surface area (Å²) >= 11 is 0. The number of carbonyl (C=O) groups is 1. The number of amides is 1. The summed E-state index contributed by atoms with van der Waals surface area (Å²) in [7, 11) is 0. The minimum absolute atomic E-state index is 0.0288. The highest BCUT2D eigenvalue weighted by molar-refractivity contribution is 5.82. The number of rotatable bonds is 4. The minimum Gasteiger partial charge on any atom is -0.453 e. The molecular formula is C19H20FN3O3. The van der Waals surface area contributed by atoms with Gasteiger partial charge in [0.25, 0.3) is 0 Å². The number of nitrogens with one attached hydrogen (secondary N) is 2. The van der Waals surface area contributed by atoms with Crippen molar-refractivity contribution < 1.29 is 18.7 Å². The van der Waals surface area contributed by atoms with Gasteiger partial charge in [-0.2, -0.15) is 0 Å². The molecule has 0 aliphatic rings. The Hall–Kier alpha value is -3.09. The SMILES string of the molecule is CC(C)(C)CNC(=O)Oc1ccc(Oc2ccnc3[nH]ccc23)c(F)c1. The maximum atomic E-state index is 14.3. The summed E-state index contributed by atoms with van der Waals surface area (Å²) < 4.78 is 25.1. The zero-order valence-electron chi connectivity index (χ0n) is 14.8. The van der Waals surface area contributed by atoms with Gasteiger partial charge in [0.15, 0.2) is 11.6 Å². The van der Waals surface area contributed by atoms with E-state index in [4.69, 9.17) is 9.47 Å². The zero-order valence-corrected chi connectivity index (χ0v) is 14.8. The van der Waals surface area contributed by atoms with Gasteiger partial charge in [-0.05, 0) is 29.7 Å². The van der Waals surface area contributed by atoms with Crippen molar-refractivity contribution in [2.24, 2.45) is 5.41 Å². The summed E-state index contributed by atoms with van der Waals surface area (Å²) in [5.74, 6) is -0.0257. The van der Waals surface area contributed by atoms with E-state index in [2.05, 4.69) is 15.3 Å². The number of aromatic nitrogens is 2. The number of hydrogen-bond donors (Lipinski definition) is 2. The molecule has 26 heavy (non-hydrogen) atoms. The van der Waals surface area contributed by atoms with E-state index in [1.807, 2.05) is 20.8 Å². The highest BCUT2D eigenvalue weighted by Gasteiger charge is 2.14. The van der Waals surface area contributed by atoms with Crippen LogP contribution in [0.25, 0.3) is 11.0 Å². The summed E-state index contributed by atoms with van der Waals surface area (Å²) in [6.45, 7) is 6.41. The number of pyridine rings is 1. The van der Waals surface area contributed by atoms with Crippen LogP contribution in [0.5, 0.6) is 17.2 Å². The number of fused-ring (bicyclic) bond motifs is 1. The number of H-pyrrole nitrogens is 1. The average Bonchev–Trinajstić information content (AvgIpc) is 3.04. The van der Waals surface area contributed by atoms with Crippen LogP contribution in [0.2, 0.25) is 0 Å². The molecule has 2 aromatic heterocycles. The average molecular weight is 357 g/mol. The molecule has 0 fully saturated rings. The van der Waals surface area contributed by atoms with Crippen LogP contribution < -0.4 is 14.8 Å². The van der Waals surface area contributed by atoms with E-state index in [0.717, 1.165) is 11.5 Å². The van der Waals surface area contributed by atoms with Gasteiger partial charge in [0.05, 0.1) is 5.39 Å². The van der Waals surface area contributed by atoms with Crippen molar-refractivity contribution in [2.75, 3.05) is 6.54 Å². The normalized spacial score (nSPS) is 11.4. The van der Waals surface area contributed by atoms with Gasteiger partial charge in [0, 0.05) is 25.0 Å². The molecular weight excluding hydrogens is 337 g/mol. The molecule has 2 N–H and O–H groups in total. The van der Waals surface area contributed by atoms with Crippen LogP contribution in [0.15, 0.2) is 42.7 Å². The fraction of sp³-hybridized carbons (Fsp3) is 0.263. The smallest absolute Gasteiger partial charge is 0.412 e. The van der Waals surface area contributed by atoms with Gasteiger partial charge in [0.1, 0.15) is 17.1 Å². The molecule has 0 saturated carbocycles. The second-order valence-electron chi connectivity index (χ2n) is 7.05. The summed E-state index contributed by atoms with van der Waals surface area (Å²) in [4.78, 5) is 18.9. The zero-order chi connectivity index (χ0) is 18.7. The van der Waals surface area contributed by atoms with Gasteiger partial charge in [-0.25, -0.2) is 14.2 Å². The van der Waals surface area contributed by atoms with Crippen molar-refractivity contribution >= 4 is 17.1 Å². The van der Waals surface area contributed by atoms with Crippen LogP contribution in [0.4, 0.5) is 9.18 Å². The summed E-state index contributed by atoms with van der Waals surface area (Å²) in [5.41, 5.74) is 0.578. The number of hydrogen-bond acceptors (Lipinski definition) is 4. The number of carbonyl (C=O) groups excluding carboxylic acids is 1. The topological polar surface area (TPSA) is 76.2 Å². The number of ether oxygens (including phenoxy) is 2. The Balaban J connectivity index is 1.70. The first-order chi connectivity index (χ1) is 12.3. The van der Waals surface area contributed by atoms with Crippen LogP contribution in [0, 0.1) is 11.2 Å². The molecule has 2 heterocycles. The molecule has 7 heteroatoms. The van der Waals surface area contributed by atoms with Crippen molar-refractivity contribution in [1.29, 1.82) is 0 Å². The van der Waals surface area contributed by atoms with Gasteiger partial charge >= 0.3 is 6.09 Å². The lowest BCUT2D eigenvalue weighted by Crippen LogP contribution is -2.34. The van der Waals surface area contributed by atoms with Gasteiger partial charge in [-0.3, -0.25) is 0 Å². The van der Waals surface area contributed by atoms with Crippen molar-refractivity contribution in [2.45, 2.75) is 20.8 Å². The first-order valence-corrected chi connectivity index (χ1v) is 8.17. The third-order valence-corrected chi connectivity index (χ3v) is 3.52. The summed E-state index contributed by atoms with van der Waals surface area (Å²) in [5, 5.41) is 3.38. The molecule has 0 atom stereocenters. The largest absolute Gasteiger partial charge is 0.453 e. The van der Waals surface area contributed by atoms with Crippen molar-refractivity contribution in [3.63, 3.8) is 0 Å². The molecule has 0 unspecified atom stereocenters. The molecule has 0 radical (unpaired) electrons. The Morgan fingerprint density at radius 1 is 1.23 bits per heavy atom. The molecule has 0 bridgehead atoms. The maximum Gasteiger partial charge on any atom is 0.412 e. The van der Waals surface area contributed by atoms with Crippen LogP contribution in [-0.4, -0.2) is 22.6 Å². The van der Waals surface area contributed by atoms with Crippen molar-refractivity contribution in [1.82, 2.24) is 15.3 Å². The second-order valence-corrected chi connectivity index (χ2v) is 7.05. The fourth-order valence-corrected chi connectivity index (χ4v) is 2.25. The predicted molar refractivity (Wildman–Crippen MR) is 96.0 cm³/mol. The van der Waals surface area contributed by atoms with E-state index in [1.54, 1.807) is 24.5 Å². The number of halogens is 1. The van der Waals surface area contributed by atoms with Crippen LogP contribution in [-0.2, 0) is 0 Å². The van der Waals surface area contributed by atoms with Gasteiger partial charge in [0.2, 0.25) is 0 Å². The number of benzene rings is 1. The third-order valence-electron chi connectivity index (χ3n) is 3.52. The van der Waals surface area contributed by atoms with Crippen LogP contribution in [0.1, 0.15) is 20.8 Å². The van der Waals surface area contributed by atoms with Gasteiger partial charge in [-0.1, -0.05) is 20.8 Å². The molecule has 136 valence electrons. The molecule has 0 spiro atoms. The second kappa shape index (κ2) is 7.03. The van der Waals surface area contributed by atoms with Crippen LogP contribution >= 0.6 is 0 Å². The van der Waals surface area contributed by atoms with Gasteiger partial charge in [-0.15, -0.1) is 0 Å². The third kappa shape index (κ3) is 4.30. The van der Waals surface area contributed by atoms with Crippen LogP contribution in [0.3, 0.4) is 0 Å². The fourth-order valence-electron chi connectivity index (χ4n) is 2.25. The molecule has 6 nitrogen and oxygen atoms in total. The predicted octanol–water partition coefficient (Wildman–Crippen LogP) is 4.63. The Morgan fingerprint density at radius 3 is 2.77 bits per heavy atom. The van der Waals surface area contributed by atoms with E-state index in [-0.39, 0.29) is 16.9 Å². The summed E-state index contributed by atoms with van der Waals surface area (Å²) in [6.07, 6.45) is 2.67. The molecule has 3 rings (SSSR count).